The zero-order valence-corrected chi connectivity index (χ0v) is 10.3. The number of carboxylic acid groups (broad SMARTS) is 1. The molecule has 1 aromatic heterocycles. The van der Waals surface area contributed by atoms with E-state index in [2.05, 4.69) is 15.3 Å². The molecule has 6 nitrogen and oxygen atoms in total. The summed E-state index contributed by atoms with van der Waals surface area (Å²) in [5, 5.41) is 12.2. The highest BCUT2D eigenvalue weighted by atomic mass is 16.5. The number of nitrogens with one attached hydrogen (secondary N) is 1. The van der Waals surface area contributed by atoms with Crippen molar-refractivity contribution in [1.29, 1.82) is 0 Å². The van der Waals surface area contributed by atoms with Gasteiger partial charge in [-0.1, -0.05) is 12.8 Å². The predicted octanol–water partition coefficient (Wildman–Crippen LogP) is 1.68. The number of ether oxygens (including phenoxy) is 1. The molecule has 1 aromatic rings. The zero-order valence-electron chi connectivity index (χ0n) is 10.3. The van der Waals surface area contributed by atoms with Gasteiger partial charge >= 0.3 is 5.97 Å². The maximum absolute atomic E-state index is 11.0. The van der Waals surface area contributed by atoms with Crippen molar-refractivity contribution < 1.29 is 14.6 Å². The van der Waals surface area contributed by atoms with Crippen LogP contribution in [-0.2, 0) is 4.79 Å². The summed E-state index contributed by atoms with van der Waals surface area (Å²) >= 11 is 0. The molecule has 18 heavy (non-hydrogen) atoms. The van der Waals surface area contributed by atoms with Crippen molar-refractivity contribution in [2.75, 3.05) is 12.4 Å². The zero-order chi connectivity index (χ0) is 13.0. The standard InChI is InChI=1S/C12H17N3O3/c1-18-9-4-7-13-11(14-9)15-12(8-10(16)17)5-2-3-6-12/h4,7H,2-3,5-6,8H2,1H3,(H,16,17)(H,13,14,15). The number of nitrogens with zero attached hydrogens (tertiary/aromatic N) is 2. The molecule has 1 heterocycles. The van der Waals surface area contributed by atoms with E-state index >= 15 is 0 Å². The monoisotopic (exact) mass is 251 g/mol. The summed E-state index contributed by atoms with van der Waals surface area (Å²) in [6.07, 6.45) is 5.42. The number of hydrogen-bond acceptors (Lipinski definition) is 5. The Kier molecular flexibility index (Phi) is 3.64. The fourth-order valence-corrected chi connectivity index (χ4v) is 2.44. The average Bonchev–Trinajstić information content (AvgIpc) is 2.76. The molecule has 2 rings (SSSR count). The molecule has 0 saturated heterocycles. The number of carboxylic acids is 1. The third kappa shape index (κ3) is 2.88. The molecule has 1 saturated carbocycles. The lowest BCUT2D eigenvalue weighted by molar-refractivity contribution is -0.138. The van der Waals surface area contributed by atoms with E-state index in [1.165, 1.54) is 7.11 Å². The first-order chi connectivity index (χ1) is 8.63. The maximum atomic E-state index is 11.0. The maximum Gasteiger partial charge on any atom is 0.305 e. The minimum absolute atomic E-state index is 0.0908. The van der Waals surface area contributed by atoms with Crippen LogP contribution in [0, 0.1) is 0 Å². The first-order valence-corrected chi connectivity index (χ1v) is 6.01. The molecule has 1 fully saturated rings. The fraction of sp³-hybridized carbons (Fsp3) is 0.583. The van der Waals surface area contributed by atoms with E-state index < -0.39 is 11.5 Å². The Labute approximate surface area is 105 Å². The molecule has 0 amide bonds. The quantitative estimate of drug-likeness (QED) is 0.828. The van der Waals surface area contributed by atoms with Gasteiger partial charge in [0.05, 0.1) is 19.1 Å². The van der Waals surface area contributed by atoms with E-state index in [0.29, 0.717) is 11.8 Å². The molecule has 2 N–H and O–H groups in total. The molecule has 0 spiro atoms. The average molecular weight is 251 g/mol. The number of anilines is 1. The van der Waals surface area contributed by atoms with Gasteiger partial charge in [0.1, 0.15) is 0 Å². The summed E-state index contributed by atoms with van der Waals surface area (Å²) in [5.74, 6) is 0.0979. The second-order valence-corrected chi connectivity index (χ2v) is 4.61. The van der Waals surface area contributed by atoms with E-state index in [-0.39, 0.29) is 6.42 Å². The van der Waals surface area contributed by atoms with Gasteiger partial charge < -0.3 is 15.2 Å². The molecule has 0 bridgehead atoms. The van der Waals surface area contributed by atoms with E-state index in [1.54, 1.807) is 12.3 Å². The molecule has 98 valence electrons. The Morgan fingerprint density at radius 3 is 2.89 bits per heavy atom. The number of aliphatic carboxylic acids is 1. The third-order valence-corrected chi connectivity index (χ3v) is 3.27. The normalized spacial score (nSPS) is 17.4. The lowest BCUT2D eigenvalue weighted by Crippen LogP contribution is -2.38. The number of aromatic nitrogens is 2. The van der Waals surface area contributed by atoms with Crippen LogP contribution in [0.25, 0.3) is 0 Å². The smallest absolute Gasteiger partial charge is 0.305 e. The van der Waals surface area contributed by atoms with Crippen molar-refractivity contribution in [2.24, 2.45) is 0 Å². The first kappa shape index (κ1) is 12.6. The van der Waals surface area contributed by atoms with Crippen LogP contribution in [0.1, 0.15) is 32.1 Å². The molecule has 6 heteroatoms. The summed E-state index contributed by atoms with van der Waals surface area (Å²) < 4.78 is 5.03. The Morgan fingerprint density at radius 1 is 1.56 bits per heavy atom. The number of rotatable bonds is 5. The van der Waals surface area contributed by atoms with Crippen LogP contribution in [0.3, 0.4) is 0 Å². The van der Waals surface area contributed by atoms with Crippen LogP contribution in [-0.4, -0.2) is 33.7 Å². The van der Waals surface area contributed by atoms with Gasteiger partial charge in [-0.25, -0.2) is 4.98 Å². The van der Waals surface area contributed by atoms with Gasteiger partial charge in [-0.15, -0.1) is 0 Å². The second-order valence-electron chi connectivity index (χ2n) is 4.61. The topological polar surface area (TPSA) is 84.3 Å². The van der Waals surface area contributed by atoms with Gasteiger partial charge in [0.2, 0.25) is 11.8 Å². The van der Waals surface area contributed by atoms with E-state index in [4.69, 9.17) is 9.84 Å². The van der Waals surface area contributed by atoms with Crippen LogP contribution in [0.5, 0.6) is 5.88 Å². The van der Waals surface area contributed by atoms with Crippen molar-refractivity contribution >= 4 is 11.9 Å². The Bertz CT molecular complexity index is 430. The van der Waals surface area contributed by atoms with E-state index in [1.807, 2.05) is 0 Å². The summed E-state index contributed by atoms with van der Waals surface area (Å²) in [6, 6.07) is 1.66. The summed E-state index contributed by atoms with van der Waals surface area (Å²) in [6.45, 7) is 0. The molecular formula is C12H17N3O3. The predicted molar refractivity (Wildman–Crippen MR) is 65.7 cm³/mol. The van der Waals surface area contributed by atoms with Gasteiger partial charge in [-0.3, -0.25) is 4.79 Å². The van der Waals surface area contributed by atoms with Crippen LogP contribution >= 0.6 is 0 Å². The van der Waals surface area contributed by atoms with E-state index in [0.717, 1.165) is 25.7 Å². The van der Waals surface area contributed by atoms with Gasteiger partial charge in [-0.2, -0.15) is 4.98 Å². The highest BCUT2D eigenvalue weighted by Crippen LogP contribution is 2.35. The molecule has 1 aliphatic rings. The second kappa shape index (κ2) is 5.20. The minimum atomic E-state index is -0.799. The fourth-order valence-electron chi connectivity index (χ4n) is 2.44. The Morgan fingerprint density at radius 2 is 2.28 bits per heavy atom. The van der Waals surface area contributed by atoms with Crippen molar-refractivity contribution in [2.45, 2.75) is 37.6 Å². The summed E-state index contributed by atoms with van der Waals surface area (Å²) in [5.41, 5.74) is -0.418. The third-order valence-electron chi connectivity index (χ3n) is 3.27. The van der Waals surface area contributed by atoms with Gasteiger partial charge in [-0.05, 0) is 12.8 Å². The minimum Gasteiger partial charge on any atom is -0.481 e. The Balaban J connectivity index is 2.15. The summed E-state index contributed by atoms with van der Waals surface area (Å²) in [4.78, 5) is 19.2. The highest BCUT2D eigenvalue weighted by molar-refractivity contribution is 5.69. The van der Waals surface area contributed by atoms with Gasteiger partial charge in [0.15, 0.2) is 0 Å². The SMILES string of the molecule is COc1ccnc(NC2(CC(=O)O)CCCC2)n1. The van der Waals surface area contributed by atoms with Crippen molar-refractivity contribution in [3.63, 3.8) is 0 Å². The van der Waals surface area contributed by atoms with Gasteiger partial charge in [0.25, 0.3) is 0 Å². The largest absolute Gasteiger partial charge is 0.481 e. The first-order valence-electron chi connectivity index (χ1n) is 6.01. The molecule has 0 radical (unpaired) electrons. The van der Waals surface area contributed by atoms with Crippen LogP contribution < -0.4 is 10.1 Å². The van der Waals surface area contributed by atoms with Crippen LogP contribution in [0.2, 0.25) is 0 Å². The van der Waals surface area contributed by atoms with Crippen molar-refractivity contribution in [3.8, 4) is 5.88 Å². The highest BCUT2D eigenvalue weighted by Gasteiger charge is 2.36. The molecule has 0 atom stereocenters. The number of methoxy groups -OCH3 is 1. The molecule has 0 unspecified atom stereocenters. The van der Waals surface area contributed by atoms with E-state index in [9.17, 15) is 4.79 Å². The number of carbonyl (C=O) groups is 1. The van der Waals surface area contributed by atoms with Crippen molar-refractivity contribution in [3.05, 3.63) is 12.3 Å². The Hall–Kier alpha value is -1.85. The van der Waals surface area contributed by atoms with Crippen LogP contribution in [0.15, 0.2) is 12.3 Å². The lowest BCUT2D eigenvalue weighted by Gasteiger charge is -2.28. The van der Waals surface area contributed by atoms with Crippen molar-refractivity contribution in [1.82, 2.24) is 9.97 Å². The molecule has 0 aromatic carbocycles. The molecular weight excluding hydrogens is 234 g/mol. The van der Waals surface area contributed by atoms with Gasteiger partial charge in [0, 0.05) is 12.3 Å². The molecule has 1 aliphatic carbocycles. The van der Waals surface area contributed by atoms with Crippen LogP contribution in [0.4, 0.5) is 5.95 Å². The number of hydrogen-bond donors (Lipinski definition) is 2. The summed E-state index contributed by atoms with van der Waals surface area (Å²) in [7, 11) is 1.54. The molecule has 0 aliphatic heterocycles. The lowest BCUT2D eigenvalue weighted by atomic mass is 9.93.